The number of ether oxygens (including phenoxy) is 1. The van der Waals surface area contributed by atoms with Gasteiger partial charge in [0.2, 0.25) is 0 Å². The van der Waals surface area contributed by atoms with E-state index < -0.39 is 5.82 Å². The number of nitriles is 1. The molecule has 1 aliphatic heterocycles. The topological polar surface area (TPSA) is 94.9 Å². The second-order valence-electron chi connectivity index (χ2n) is 8.17. The van der Waals surface area contributed by atoms with Gasteiger partial charge in [0.1, 0.15) is 16.6 Å². The highest BCUT2D eigenvalue weighted by molar-refractivity contribution is 7.22. The number of benzene rings is 2. The summed E-state index contributed by atoms with van der Waals surface area (Å²) in [7, 11) is 0. The van der Waals surface area contributed by atoms with Gasteiger partial charge in [-0.3, -0.25) is 0 Å². The van der Waals surface area contributed by atoms with Gasteiger partial charge in [-0.25, -0.2) is 9.37 Å². The van der Waals surface area contributed by atoms with Crippen molar-refractivity contribution < 1.29 is 9.13 Å². The Hall–Kier alpha value is -3.29. The Balaban J connectivity index is 1.30. The van der Waals surface area contributed by atoms with Gasteiger partial charge in [0.05, 0.1) is 22.4 Å². The molecule has 7 nitrogen and oxygen atoms in total. The molecular weight excluding hydrogens is 487 g/mol. The van der Waals surface area contributed by atoms with Crippen LogP contribution in [0.3, 0.4) is 0 Å². The minimum absolute atomic E-state index is 0.00372. The van der Waals surface area contributed by atoms with Gasteiger partial charge in [0, 0.05) is 37.3 Å². The number of pyridine rings is 1. The largest absolute Gasteiger partial charge is 0.377 e. The summed E-state index contributed by atoms with van der Waals surface area (Å²) in [6.45, 7) is 2.51. The van der Waals surface area contributed by atoms with Crippen molar-refractivity contribution >= 4 is 55.5 Å². The lowest BCUT2D eigenvalue weighted by molar-refractivity contribution is 0.110. The van der Waals surface area contributed by atoms with Crippen molar-refractivity contribution in [2.24, 2.45) is 0 Å². The summed E-state index contributed by atoms with van der Waals surface area (Å²) in [6, 6.07) is 14.6. The lowest BCUT2D eigenvalue weighted by Crippen LogP contribution is -2.25. The number of anilines is 4. The van der Waals surface area contributed by atoms with E-state index in [1.807, 2.05) is 12.1 Å². The van der Waals surface area contributed by atoms with Crippen LogP contribution >= 0.6 is 22.9 Å². The maximum atomic E-state index is 13.5. The van der Waals surface area contributed by atoms with Crippen molar-refractivity contribution in [3.05, 3.63) is 70.6 Å². The second-order valence-corrected chi connectivity index (χ2v) is 9.58. The van der Waals surface area contributed by atoms with Crippen LogP contribution in [0.4, 0.5) is 26.6 Å². The van der Waals surface area contributed by atoms with E-state index in [-0.39, 0.29) is 5.02 Å². The van der Waals surface area contributed by atoms with Crippen LogP contribution in [0.25, 0.3) is 10.3 Å². The van der Waals surface area contributed by atoms with Crippen LogP contribution in [0.2, 0.25) is 5.02 Å². The molecule has 35 heavy (non-hydrogen) atoms. The minimum atomic E-state index is -0.508. The van der Waals surface area contributed by atoms with Gasteiger partial charge in [-0.05, 0) is 48.7 Å². The molecule has 0 aliphatic carbocycles. The Morgan fingerprint density at radius 3 is 2.74 bits per heavy atom. The van der Waals surface area contributed by atoms with Gasteiger partial charge in [-0.2, -0.15) is 10.2 Å². The summed E-state index contributed by atoms with van der Waals surface area (Å²) >= 11 is 7.29. The first-order chi connectivity index (χ1) is 17.1. The molecule has 2 aromatic carbocycles. The van der Waals surface area contributed by atoms with Crippen molar-refractivity contribution in [2.45, 2.75) is 25.5 Å². The summed E-state index contributed by atoms with van der Waals surface area (Å²) in [4.78, 5) is 8.89. The smallest absolute Gasteiger partial charge is 0.189 e. The first kappa shape index (κ1) is 23.5. The fourth-order valence-electron chi connectivity index (χ4n) is 3.87. The summed E-state index contributed by atoms with van der Waals surface area (Å²) < 4.78 is 19.9. The number of thiazole rings is 1. The van der Waals surface area contributed by atoms with Crippen LogP contribution < -0.4 is 16.0 Å². The van der Waals surface area contributed by atoms with Crippen LogP contribution in [0.1, 0.15) is 24.0 Å². The number of rotatable bonds is 8. The Bertz CT molecular complexity index is 1380. The molecule has 0 saturated carbocycles. The summed E-state index contributed by atoms with van der Waals surface area (Å²) in [5.74, 6) is -0.508. The molecule has 4 aromatic rings. The zero-order chi connectivity index (χ0) is 24.2. The third-order valence-corrected chi connectivity index (χ3v) is 6.93. The molecule has 1 saturated heterocycles. The first-order valence-electron chi connectivity index (χ1n) is 11.2. The molecule has 3 heterocycles. The zero-order valence-corrected chi connectivity index (χ0v) is 20.2. The zero-order valence-electron chi connectivity index (χ0n) is 18.6. The number of nitrogens with one attached hydrogen (secondary N) is 3. The highest BCUT2D eigenvalue weighted by Crippen LogP contribution is 2.36. The molecule has 0 amide bonds. The molecule has 3 N–H and O–H groups in total. The second kappa shape index (κ2) is 10.5. The van der Waals surface area contributed by atoms with Crippen molar-refractivity contribution in [3.8, 4) is 6.07 Å². The maximum absolute atomic E-state index is 13.5. The van der Waals surface area contributed by atoms with Gasteiger partial charge in [0.25, 0.3) is 0 Å². The number of hydrogen-bond donors (Lipinski definition) is 3. The lowest BCUT2D eigenvalue weighted by Gasteiger charge is -2.11. The predicted molar refractivity (Wildman–Crippen MR) is 137 cm³/mol. The van der Waals surface area contributed by atoms with E-state index >= 15 is 0 Å². The minimum Gasteiger partial charge on any atom is -0.377 e. The Kier molecular flexibility index (Phi) is 7.06. The van der Waals surface area contributed by atoms with Gasteiger partial charge in [0.15, 0.2) is 10.8 Å². The molecule has 0 unspecified atom stereocenters. The van der Waals surface area contributed by atoms with Crippen LogP contribution in [0.5, 0.6) is 0 Å². The van der Waals surface area contributed by atoms with Crippen LogP contribution in [-0.4, -0.2) is 29.2 Å². The first-order valence-corrected chi connectivity index (χ1v) is 12.4. The van der Waals surface area contributed by atoms with Gasteiger partial charge in [-0.1, -0.05) is 35.1 Å². The van der Waals surface area contributed by atoms with E-state index in [1.54, 1.807) is 6.07 Å². The molecule has 1 aliphatic rings. The summed E-state index contributed by atoms with van der Waals surface area (Å²) in [5.41, 5.74) is 4.05. The molecule has 5 rings (SSSR count). The average molecular weight is 509 g/mol. The van der Waals surface area contributed by atoms with Crippen molar-refractivity contribution in [3.63, 3.8) is 0 Å². The highest BCUT2D eigenvalue weighted by Gasteiger charge is 2.16. The van der Waals surface area contributed by atoms with Crippen LogP contribution in [0.15, 0.2) is 48.7 Å². The van der Waals surface area contributed by atoms with Crippen molar-refractivity contribution in [2.75, 3.05) is 23.8 Å². The average Bonchev–Trinajstić information content (AvgIpc) is 3.53. The molecule has 2 aromatic heterocycles. The van der Waals surface area contributed by atoms with Crippen LogP contribution in [0, 0.1) is 17.1 Å². The Labute approximate surface area is 210 Å². The van der Waals surface area contributed by atoms with E-state index in [0.29, 0.717) is 38.5 Å². The van der Waals surface area contributed by atoms with Crippen LogP contribution in [-0.2, 0) is 11.3 Å². The van der Waals surface area contributed by atoms with E-state index in [9.17, 15) is 9.65 Å². The highest BCUT2D eigenvalue weighted by atomic mass is 35.5. The number of fused-ring (bicyclic) bond motifs is 1. The Morgan fingerprint density at radius 1 is 1.17 bits per heavy atom. The number of halogens is 2. The predicted octanol–water partition coefficient (Wildman–Crippen LogP) is 6.11. The van der Waals surface area contributed by atoms with E-state index in [1.165, 1.54) is 35.2 Å². The third-order valence-electron chi connectivity index (χ3n) is 5.66. The van der Waals surface area contributed by atoms with Crippen molar-refractivity contribution in [1.82, 2.24) is 15.3 Å². The number of nitrogens with zero attached hydrogens (tertiary/aromatic N) is 3. The third kappa shape index (κ3) is 5.52. The molecule has 178 valence electrons. The molecule has 0 spiro atoms. The fraction of sp³-hybridized carbons (Fsp3) is 0.240. The quantitative estimate of drug-likeness (QED) is 0.264. The molecule has 1 fully saturated rings. The maximum Gasteiger partial charge on any atom is 0.189 e. The molecule has 0 radical (unpaired) electrons. The molecule has 10 heteroatoms. The number of aromatic nitrogens is 2. The molecular formula is C25H22ClFN6OS. The Morgan fingerprint density at radius 2 is 2.00 bits per heavy atom. The summed E-state index contributed by atoms with van der Waals surface area (Å²) in [6.07, 6.45) is 4.06. The van der Waals surface area contributed by atoms with Crippen molar-refractivity contribution in [1.29, 1.82) is 5.26 Å². The molecule has 0 bridgehead atoms. The van der Waals surface area contributed by atoms with E-state index in [4.69, 9.17) is 16.3 Å². The monoisotopic (exact) mass is 508 g/mol. The SMILES string of the molecule is N#Cc1cnc2nc(Nc3ccc(CNC[C@H]4CCCO4)cc3)sc2c1Nc1ccc(F)c(Cl)c1. The van der Waals surface area contributed by atoms with E-state index in [0.717, 1.165) is 38.2 Å². The van der Waals surface area contributed by atoms with E-state index in [2.05, 4.69) is 44.1 Å². The fourth-order valence-corrected chi connectivity index (χ4v) is 5.00. The molecule has 1 atom stereocenters. The summed E-state index contributed by atoms with van der Waals surface area (Å²) in [5, 5.41) is 20.2. The lowest BCUT2D eigenvalue weighted by atomic mass is 10.2. The number of hydrogen-bond acceptors (Lipinski definition) is 8. The van der Waals surface area contributed by atoms with Gasteiger partial charge in [-0.15, -0.1) is 0 Å². The van der Waals surface area contributed by atoms with Gasteiger partial charge < -0.3 is 20.7 Å². The van der Waals surface area contributed by atoms with Gasteiger partial charge >= 0.3 is 0 Å². The normalized spacial score (nSPS) is 15.3. The standard InChI is InChI=1S/C25H22ClFN6OS/c26-20-10-18(7-8-21(20)27)31-22-16(11-28)13-30-24-23(22)35-25(33-24)32-17-5-3-15(4-6-17)12-29-14-19-2-1-9-34-19/h3-8,10,13,19,29H,1-2,9,12,14H2,(H2,30,31,32,33)/t19-/m1/s1.